The summed E-state index contributed by atoms with van der Waals surface area (Å²) in [6.07, 6.45) is 10.5. The number of nitrogens with zero attached hydrogens (tertiary/aromatic N) is 3. The van der Waals surface area contributed by atoms with Crippen molar-refractivity contribution < 1.29 is 14.3 Å². The van der Waals surface area contributed by atoms with Crippen molar-refractivity contribution in [1.82, 2.24) is 9.80 Å². The second-order valence-electron chi connectivity index (χ2n) is 8.94. The minimum atomic E-state index is -0.257. The number of aliphatic imine (C=N–C) groups is 1. The molecule has 0 aliphatic carbocycles. The van der Waals surface area contributed by atoms with Crippen LogP contribution in [0.1, 0.15) is 59.3 Å². The fourth-order valence-corrected chi connectivity index (χ4v) is 4.91. The van der Waals surface area contributed by atoms with Crippen molar-refractivity contribution in [2.24, 2.45) is 16.8 Å². The molecule has 0 aromatic heterocycles. The summed E-state index contributed by atoms with van der Waals surface area (Å²) >= 11 is 0. The molecule has 1 amide bonds. The number of rotatable bonds is 4. The number of methoxy groups -OCH3 is 1. The van der Waals surface area contributed by atoms with E-state index in [0.29, 0.717) is 24.5 Å². The summed E-state index contributed by atoms with van der Waals surface area (Å²) < 4.78 is 11.3. The molecule has 2 saturated heterocycles. The quantitative estimate of drug-likeness (QED) is 0.706. The van der Waals surface area contributed by atoms with Gasteiger partial charge >= 0.3 is 6.09 Å². The van der Waals surface area contributed by atoms with Gasteiger partial charge in [0.15, 0.2) is 0 Å². The first kappa shape index (κ1) is 22.3. The molecule has 0 aromatic carbocycles. The average Bonchev–Trinajstić information content (AvgIpc) is 3.08. The largest absolute Gasteiger partial charge is 0.450 e. The molecule has 0 saturated carbocycles. The van der Waals surface area contributed by atoms with Crippen LogP contribution in [0.4, 0.5) is 4.79 Å². The maximum absolute atomic E-state index is 12.1. The standard InChI is InChI=1S/C23H39N3O3/c1-5-29-22(27)26-13-6-7-20(9-14-26)25-15-10-23(28-4,11-16-25)21-17-19(3)18(2)8-12-24-21/h12,17-20H,5-11,13-16H2,1-4H3. The lowest BCUT2D eigenvalue weighted by atomic mass is 9.84. The highest BCUT2D eigenvalue weighted by atomic mass is 16.6. The minimum Gasteiger partial charge on any atom is -0.450 e. The Labute approximate surface area is 176 Å². The number of amides is 1. The van der Waals surface area contributed by atoms with Gasteiger partial charge in [0.25, 0.3) is 0 Å². The summed E-state index contributed by atoms with van der Waals surface area (Å²) in [6, 6.07) is 0.537. The van der Waals surface area contributed by atoms with Crippen LogP contribution in [0.3, 0.4) is 0 Å². The molecule has 6 heteroatoms. The second-order valence-corrected chi connectivity index (χ2v) is 8.94. The van der Waals surface area contributed by atoms with Gasteiger partial charge in [-0.15, -0.1) is 0 Å². The lowest BCUT2D eigenvalue weighted by molar-refractivity contribution is -0.0392. The first-order valence-corrected chi connectivity index (χ1v) is 11.4. The third-order valence-electron chi connectivity index (χ3n) is 7.23. The molecular formula is C23H39N3O3. The zero-order chi connectivity index (χ0) is 20.9. The monoisotopic (exact) mass is 405 g/mol. The first-order valence-electron chi connectivity index (χ1n) is 11.4. The van der Waals surface area contributed by atoms with Crippen LogP contribution in [0, 0.1) is 11.8 Å². The highest BCUT2D eigenvalue weighted by Gasteiger charge is 2.40. The number of carbonyl (C=O) groups excluding carboxylic acids is 1. The lowest BCUT2D eigenvalue weighted by Crippen LogP contribution is -2.50. The Morgan fingerprint density at radius 2 is 1.97 bits per heavy atom. The molecular weight excluding hydrogens is 366 g/mol. The Kier molecular flexibility index (Phi) is 7.74. The number of likely N-dealkylation sites (tertiary alicyclic amines) is 2. The van der Waals surface area contributed by atoms with E-state index in [0.717, 1.165) is 70.4 Å². The summed E-state index contributed by atoms with van der Waals surface area (Å²) in [6.45, 7) is 10.5. The molecule has 164 valence electrons. The summed E-state index contributed by atoms with van der Waals surface area (Å²) in [5.41, 5.74) is 0.873. The fourth-order valence-electron chi connectivity index (χ4n) is 4.91. The van der Waals surface area contributed by atoms with E-state index in [4.69, 9.17) is 14.5 Å². The van der Waals surface area contributed by atoms with Gasteiger partial charge < -0.3 is 19.3 Å². The summed E-state index contributed by atoms with van der Waals surface area (Å²) in [5.74, 6) is 1.15. The Morgan fingerprint density at radius 1 is 1.21 bits per heavy atom. The number of hydrogen-bond donors (Lipinski definition) is 0. The van der Waals surface area contributed by atoms with Crippen molar-refractivity contribution in [1.29, 1.82) is 0 Å². The molecule has 3 aliphatic heterocycles. The van der Waals surface area contributed by atoms with Crippen LogP contribution in [0.2, 0.25) is 0 Å². The smallest absolute Gasteiger partial charge is 0.409 e. The van der Waals surface area contributed by atoms with E-state index in [1.807, 2.05) is 18.9 Å². The number of ether oxygens (including phenoxy) is 2. The van der Waals surface area contributed by atoms with E-state index in [2.05, 4.69) is 31.0 Å². The maximum Gasteiger partial charge on any atom is 0.409 e. The van der Waals surface area contributed by atoms with E-state index in [1.165, 1.54) is 0 Å². The SMILES string of the molecule is CCOC(=O)N1CCCC(N2CCC(OC)(C3=CC(C)C(C)CC=N3)CC2)CC1. The van der Waals surface area contributed by atoms with Crippen molar-refractivity contribution in [2.45, 2.75) is 70.9 Å². The van der Waals surface area contributed by atoms with Crippen LogP contribution >= 0.6 is 0 Å². The number of carbonyl (C=O) groups is 1. The molecule has 0 N–H and O–H groups in total. The van der Waals surface area contributed by atoms with Gasteiger partial charge in [-0.25, -0.2) is 4.79 Å². The van der Waals surface area contributed by atoms with Crippen molar-refractivity contribution in [3.05, 3.63) is 11.8 Å². The van der Waals surface area contributed by atoms with Crippen LogP contribution in [-0.4, -0.2) is 73.6 Å². The Balaban J connectivity index is 1.60. The average molecular weight is 406 g/mol. The zero-order valence-corrected chi connectivity index (χ0v) is 18.7. The molecule has 0 radical (unpaired) electrons. The number of hydrogen-bond acceptors (Lipinski definition) is 5. The maximum atomic E-state index is 12.1. The highest BCUT2D eigenvalue weighted by molar-refractivity contribution is 5.67. The molecule has 0 spiro atoms. The minimum absolute atomic E-state index is 0.160. The molecule has 3 atom stereocenters. The third kappa shape index (κ3) is 5.21. The van der Waals surface area contributed by atoms with E-state index in [9.17, 15) is 4.79 Å². The van der Waals surface area contributed by atoms with Crippen LogP contribution in [0.15, 0.2) is 16.8 Å². The summed E-state index contributed by atoms with van der Waals surface area (Å²) in [5, 5.41) is 0. The second kappa shape index (κ2) is 10.1. The molecule has 2 fully saturated rings. The van der Waals surface area contributed by atoms with Crippen molar-refractivity contribution in [3.8, 4) is 0 Å². The van der Waals surface area contributed by atoms with Gasteiger partial charge in [-0.05, 0) is 57.3 Å². The zero-order valence-electron chi connectivity index (χ0n) is 18.7. The van der Waals surface area contributed by atoms with Gasteiger partial charge in [-0.3, -0.25) is 4.99 Å². The van der Waals surface area contributed by atoms with Crippen LogP contribution in [0.5, 0.6) is 0 Å². The van der Waals surface area contributed by atoms with Crippen molar-refractivity contribution in [3.63, 3.8) is 0 Å². The van der Waals surface area contributed by atoms with Gasteiger partial charge in [-0.1, -0.05) is 19.9 Å². The Morgan fingerprint density at radius 3 is 2.66 bits per heavy atom. The van der Waals surface area contributed by atoms with Crippen molar-refractivity contribution in [2.75, 3.05) is 39.9 Å². The third-order valence-corrected chi connectivity index (χ3v) is 7.23. The van der Waals surface area contributed by atoms with E-state index in [1.54, 1.807) is 0 Å². The van der Waals surface area contributed by atoms with Gasteiger partial charge in [0.05, 0.1) is 12.3 Å². The summed E-state index contributed by atoms with van der Waals surface area (Å²) in [4.78, 5) is 21.4. The molecule has 0 bridgehead atoms. The molecule has 0 aromatic rings. The van der Waals surface area contributed by atoms with Gasteiger partial charge in [0, 0.05) is 45.5 Å². The molecule has 6 nitrogen and oxygen atoms in total. The normalized spacial score (nSPS) is 31.0. The van der Waals surface area contributed by atoms with E-state index in [-0.39, 0.29) is 11.7 Å². The number of allylic oxidation sites excluding steroid dienone is 1. The number of piperidine rings is 1. The van der Waals surface area contributed by atoms with Crippen LogP contribution in [-0.2, 0) is 9.47 Å². The molecule has 29 heavy (non-hydrogen) atoms. The van der Waals surface area contributed by atoms with E-state index < -0.39 is 0 Å². The highest BCUT2D eigenvalue weighted by Crippen LogP contribution is 2.37. The molecule has 3 unspecified atom stereocenters. The van der Waals surface area contributed by atoms with Gasteiger partial charge in [0.1, 0.15) is 5.60 Å². The van der Waals surface area contributed by atoms with Crippen molar-refractivity contribution >= 4 is 12.3 Å². The Bertz CT molecular complexity index is 610. The predicted molar refractivity (Wildman–Crippen MR) is 116 cm³/mol. The summed E-state index contributed by atoms with van der Waals surface area (Å²) in [7, 11) is 1.84. The first-order chi connectivity index (χ1) is 14.0. The lowest BCUT2D eigenvalue weighted by Gasteiger charge is -2.44. The molecule has 3 rings (SSSR count). The molecule has 3 heterocycles. The predicted octanol–water partition coefficient (Wildman–Crippen LogP) is 4.11. The fraction of sp³-hybridized carbons (Fsp3) is 0.826. The van der Waals surface area contributed by atoms with Gasteiger partial charge in [0.2, 0.25) is 0 Å². The topological polar surface area (TPSA) is 54.4 Å². The Hall–Kier alpha value is -1.40. The van der Waals surface area contributed by atoms with Crippen LogP contribution in [0.25, 0.3) is 0 Å². The molecule has 3 aliphatic rings. The van der Waals surface area contributed by atoms with E-state index >= 15 is 0 Å². The van der Waals surface area contributed by atoms with Crippen LogP contribution < -0.4 is 0 Å². The van der Waals surface area contributed by atoms with Gasteiger partial charge in [-0.2, -0.15) is 0 Å².